The van der Waals surface area contributed by atoms with Crippen molar-refractivity contribution in [1.29, 1.82) is 0 Å². The second-order valence-corrected chi connectivity index (χ2v) is 16.0. The van der Waals surface area contributed by atoms with Gasteiger partial charge < -0.3 is 30.3 Å². The van der Waals surface area contributed by atoms with Crippen LogP contribution in [0.25, 0.3) is 0 Å². The minimum absolute atomic E-state index is 0. The van der Waals surface area contributed by atoms with Gasteiger partial charge in [0.25, 0.3) is 0 Å². The van der Waals surface area contributed by atoms with Crippen molar-refractivity contribution >= 4 is 47.7 Å². The quantitative estimate of drug-likeness (QED) is 0.0946. The molecule has 0 radical (unpaired) electrons. The van der Waals surface area contributed by atoms with Crippen LogP contribution < -0.4 is 31.8 Å². The molecule has 238 valence electrons. The molecular formula is C42H44NiP2-6. The molecule has 45 heavy (non-hydrogen) atoms. The van der Waals surface area contributed by atoms with E-state index in [4.69, 9.17) is 0 Å². The molecule has 0 saturated carbocycles. The Morgan fingerprint density at radius 2 is 0.756 bits per heavy atom. The summed E-state index contributed by atoms with van der Waals surface area (Å²) in [7, 11) is -1.47. The van der Waals surface area contributed by atoms with Crippen molar-refractivity contribution in [3.8, 4) is 0 Å². The molecule has 0 aliphatic carbocycles. The summed E-state index contributed by atoms with van der Waals surface area (Å²) in [6, 6.07) is 44.7. The number of hydrogen-bond acceptors (Lipinski definition) is 0. The zero-order valence-electron chi connectivity index (χ0n) is 27.8. The van der Waals surface area contributed by atoms with E-state index < -0.39 is 15.8 Å². The van der Waals surface area contributed by atoms with Crippen LogP contribution in [0.2, 0.25) is 0 Å². The normalized spacial score (nSPS) is 10.9. The first-order valence-corrected chi connectivity index (χ1v) is 18.2. The zero-order chi connectivity index (χ0) is 31.4. The molecule has 0 aliphatic rings. The molecule has 0 heterocycles. The molecule has 0 N–H and O–H groups in total. The van der Waals surface area contributed by atoms with Crippen molar-refractivity contribution in [2.75, 3.05) is 0 Å². The molecule has 3 heteroatoms. The largest absolute Gasteiger partial charge is 0.748 e. The van der Waals surface area contributed by atoms with Crippen LogP contribution in [0.15, 0.2) is 121 Å². The summed E-state index contributed by atoms with van der Waals surface area (Å²) in [6.07, 6.45) is 0. The van der Waals surface area contributed by atoms with Crippen molar-refractivity contribution in [2.24, 2.45) is 0 Å². The van der Waals surface area contributed by atoms with Crippen LogP contribution in [-0.2, 0) is 16.5 Å². The van der Waals surface area contributed by atoms with Gasteiger partial charge in [-0.05, 0) is 129 Å². The van der Waals surface area contributed by atoms with Crippen molar-refractivity contribution in [3.05, 3.63) is 166 Å². The Hall–Kier alpha value is -3.07. The predicted molar refractivity (Wildman–Crippen MR) is 199 cm³/mol. The molecule has 0 aromatic heterocycles. The van der Waals surface area contributed by atoms with Crippen LogP contribution in [0.4, 0.5) is 0 Å². The summed E-state index contributed by atoms with van der Waals surface area (Å²) in [5.41, 5.74) is 11.1. The van der Waals surface area contributed by atoms with Crippen molar-refractivity contribution in [2.45, 2.75) is 55.4 Å². The molecule has 6 aromatic carbocycles. The molecular weight excluding hydrogens is 625 g/mol. The molecule has 0 spiro atoms. The second-order valence-electron chi connectivity index (χ2n) is 11.8. The maximum absolute atomic E-state index is 2.43. The topological polar surface area (TPSA) is 0 Å². The zero-order valence-corrected chi connectivity index (χ0v) is 30.5. The van der Waals surface area contributed by atoms with Crippen molar-refractivity contribution in [1.82, 2.24) is 0 Å². The van der Waals surface area contributed by atoms with Gasteiger partial charge in [-0.25, -0.2) is 12.1 Å². The fourth-order valence-electron chi connectivity index (χ4n) is 5.79. The van der Waals surface area contributed by atoms with Crippen molar-refractivity contribution < 1.29 is 16.5 Å². The average Bonchev–Trinajstić information content (AvgIpc) is 3.74. The van der Waals surface area contributed by atoms with E-state index in [9.17, 15) is 0 Å². The van der Waals surface area contributed by atoms with Gasteiger partial charge in [-0.3, -0.25) is 0 Å². The third-order valence-corrected chi connectivity index (χ3v) is 14.9. The molecule has 0 fully saturated rings. The predicted octanol–water partition coefficient (Wildman–Crippen LogP) is 8.79. The van der Waals surface area contributed by atoms with Gasteiger partial charge in [0.15, 0.2) is 0 Å². The van der Waals surface area contributed by atoms with Gasteiger partial charge in [0.1, 0.15) is 0 Å². The van der Waals surface area contributed by atoms with Crippen LogP contribution in [-0.4, -0.2) is 0 Å². The monoisotopic (exact) mass is 668 g/mol. The van der Waals surface area contributed by atoms with Crippen LogP contribution in [0, 0.1) is 55.4 Å². The van der Waals surface area contributed by atoms with E-state index in [-0.39, 0.29) is 16.5 Å². The standard InChI is InChI=1S/C37H39P2.C5H5.Ni/c1-24-14-9-18-32(28(24)5)38(33-19-10-15-25(2)29(33)6)36-22-13-23-37(36)39(34-20-11-16-26(3)30(34)7)35-21-12-17-27(4)31(35)8;1-2-4-5-3-1;/h9-23H,1-8H3;1-5H;/q-1;-5;. The molecule has 0 aliphatic heterocycles. The number of benzene rings is 4. The molecule has 0 nitrogen and oxygen atoms in total. The molecule has 6 rings (SSSR count). The summed E-state index contributed by atoms with van der Waals surface area (Å²) < 4.78 is 0. The molecule has 0 saturated heterocycles. The van der Waals surface area contributed by atoms with E-state index in [1.807, 2.05) is 30.3 Å². The van der Waals surface area contributed by atoms with Gasteiger partial charge in [0, 0.05) is 16.5 Å². The van der Waals surface area contributed by atoms with Gasteiger partial charge in [-0.2, -0.15) is 6.07 Å². The Kier molecular flexibility index (Phi) is 12.0. The maximum atomic E-state index is 2.43. The van der Waals surface area contributed by atoms with Gasteiger partial charge in [-0.15, -0.1) is 10.6 Å². The van der Waals surface area contributed by atoms with Gasteiger partial charge in [-0.1, -0.05) is 80.7 Å². The minimum atomic E-state index is -0.735. The minimum Gasteiger partial charge on any atom is -0.748 e. The van der Waals surface area contributed by atoms with E-state index in [0.29, 0.717) is 0 Å². The maximum Gasteiger partial charge on any atom is 0 e. The first-order valence-electron chi connectivity index (χ1n) is 15.5. The first-order chi connectivity index (χ1) is 21.2. The molecule has 0 amide bonds. The Labute approximate surface area is 284 Å². The van der Waals surface area contributed by atoms with E-state index in [1.54, 1.807) is 0 Å². The molecule has 0 bridgehead atoms. The van der Waals surface area contributed by atoms with E-state index >= 15 is 0 Å². The van der Waals surface area contributed by atoms with Crippen LogP contribution >= 0.6 is 15.8 Å². The summed E-state index contributed by atoms with van der Waals surface area (Å²) in [6.45, 7) is 18.2. The van der Waals surface area contributed by atoms with Crippen LogP contribution in [0.1, 0.15) is 44.5 Å². The van der Waals surface area contributed by atoms with Gasteiger partial charge in [0.2, 0.25) is 0 Å². The molecule has 0 atom stereocenters. The van der Waals surface area contributed by atoms with E-state index in [1.165, 1.54) is 76.3 Å². The average molecular weight is 669 g/mol. The Morgan fingerprint density at radius 1 is 0.422 bits per heavy atom. The third kappa shape index (κ3) is 7.34. The van der Waals surface area contributed by atoms with Crippen LogP contribution in [0.5, 0.6) is 0 Å². The Morgan fingerprint density at radius 3 is 1.13 bits per heavy atom. The summed E-state index contributed by atoms with van der Waals surface area (Å²) in [5, 5.41) is 8.90. The second kappa shape index (κ2) is 15.5. The number of aryl methyl sites for hydroxylation is 4. The number of hydrogen-bond donors (Lipinski definition) is 0. The summed E-state index contributed by atoms with van der Waals surface area (Å²) in [5.74, 6) is 0. The van der Waals surface area contributed by atoms with E-state index in [2.05, 4.69) is 146 Å². The number of rotatable bonds is 6. The smallest absolute Gasteiger partial charge is 0 e. The first kappa shape index (κ1) is 34.8. The Bertz CT molecular complexity index is 1620. The van der Waals surface area contributed by atoms with Crippen molar-refractivity contribution in [3.63, 3.8) is 0 Å². The third-order valence-electron chi connectivity index (χ3n) is 9.08. The molecule has 0 unspecified atom stereocenters. The fraction of sp³-hybridized carbons (Fsp3) is 0.190. The fourth-order valence-corrected chi connectivity index (χ4v) is 12.0. The van der Waals surface area contributed by atoms with Crippen LogP contribution in [0.3, 0.4) is 0 Å². The Balaban J connectivity index is 0.000000700. The summed E-state index contributed by atoms with van der Waals surface area (Å²) in [4.78, 5) is 0. The van der Waals surface area contributed by atoms with Gasteiger partial charge in [0.05, 0.1) is 0 Å². The van der Waals surface area contributed by atoms with E-state index in [0.717, 1.165) is 0 Å². The summed E-state index contributed by atoms with van der Waals surface area (Å²) >= 11 is 0. The SMILES string of the molecule is Cc1cccc(P(c2cccc(C)c2C)c2ccc[c-]2P(c2cccc(C)c2C)c2cccc(C)c2C)c1C.[Ni].[cH-]1[cH-][cH-][cH-][cH-]1. The molecule has 6 aromatic rings. The van der Waals surface area contributed by atoms with Gasteiger partial charge >= 0.3 is 0 Å².